The first-order valence-corrected chi connectivity index (χ1v) is 12.9. The minimum Gasteiger partial charge on any atom is -0.385 e. The number of nitrogens with one attached hydrogen (secondary N) is 1. The van der Waals surface area contributed by atoms with Crippen LogP contribution in [0.15, 0.2) is 41.3 Å². The molecule has 182 valence electrons. The summed E-state index contributed by atoms with van der Waals surface area (Å²) >= 11 is 0. The lowest BCUT2D eigenvalue weighted by Gasteiger charge is -2.38. The summed E-state index contributed by atoms with van der Waals surface area (Å²) < 4.78 is 6.83. The number of aromatic nitrogens is 1. The largest absolute Gasteiger partial charge is 0.385 e. The summed E-state index contributed by atoms with van der Waals surface area (Å²) in [5, 5.41) is 3.46. The third kappa shape index (κ3) is 4.71. The number of amides is 1. The highest BCUT2D eigenvalue weighted by Gasteiger charge is 2.45. The van der Waals surface area contributed by atoms with E-state index in [9.17, 15) is 9.59 Å². The molecule has 1 saturated carbocycles. The molecular formula is C28H37N3O3. The lowest BCUT2D eigenvalue weighted by atomic mass is 9.80. The standard InChI is InChI=1S/C28H37N3O3/c1-30-14-12-21(17-27(30)32)23-11-13-29-18-25(23)28(33)31(22-8-9-22)26-10-7-20-6-5-19(16-24(20)26)4-3-15-34-2/h5-6,12,14,16-17,22-23,25-26,29H,3-4,7-11,13,15,18H2,1-2H3/t23-,25?,26?/m1/s1. The number of nitrogens with zero attached hydrogens (tertiary/aromatic N) is 2. The first-order valence-electron chi connectivity index (χ1n) is 12.9. The lowest BCUT2D eigenvalue weighted by molar-refractivity contribution is -0.140. The van der Waals surface area contributed by atoms with E-state index in [-0.39, 0.29) is 29.3 Å². The van der Waals surface area contributed by atoms with Crippen LogP contribution in [0.4, 0.5) is 0 Å². The number of fused-ring (bicyclic) bond motifs is 1. The number of methoxy groups -OCH3 is 1. The van der Waals surface area contributed by atoms with Crippen molar-refractivity contribution in [1.82, 2.24) is 14.8 Å². The minimum atomic E-state index is -0.129. The van der Waals surface area contributed by atoms with Gasteiger partial charge in [-0.05, 0) is 85.7 Å². The van der Waals surface area contributed by atoms with Crippen LogP contribution >= 0.6 is 0 Å². The van der Waals surface area contributed by atoms with Crippen LogP contribution in [0.5, 0.6) is 0 Å². The number of aryl methyl sites for hydroxylation is 3. The van der Waals surface area contributed by atoms with E-state index in [0.29, 0.717) is 12.6 Å². The Labute approximate surface area is 202 Å². The maximum absolute atomic E-state index is 14.2. The van der Waals surface area contributed by atoms with Crippen molar-refractivity contribution >= 4 is 5.91 Å². The molecule has 6 nitrogen and oxygen atoms in total. The Kier molecular flexibility index (Phi) is 6.89. The molecule has 2 fully saturated rings. The molecule has 3 aliphatic rings. The van der Waals surface area contributed by atoms with Crippen molar-refractivity contribution in [2.75, 3.05) is 26.8 Å². The fourth-order valence-corrected chi connectivity index (χ4v) is 5.94. The third-order valence-electron chi connectivity index (χ3n) is 7.96. The zero-order valence-corrected chi connectivity index (χ0v) is 20.5. The van der Waals surface area contributed by atoms with E-state index < -0.39 is 0 Å². The third-order valence-corrected chi connectivity index (χ3v) is 7.96. The number of carbonyl (C=O) groups excluding carboxylic acids is 1. The van der Waals surface area contributed by atoms with E-state index in [1.54, 1.807) is 24.8 Å². The molecule has 2 aliphatic carbocycles. The lowest BCUT2D eigenvalue weighted by Crippen LogP contribution is -2.48. The van der Waals surface area contributed by atoms with E-state index in [4.69, 9.17) is 4.74 Å². The number of pyridine rings is 1. The van der Waals surface area contributed by atoms with Crippen molar-refractivity contribution in [3.8, 4) is 0 Å². The van der Waals surface area contributed by atoms with Crippen molar-refractivity contribution in [2.24, 2.45) is 13.0 Å². The molecule has 5 rings (SSSR count). The maximum atomic E-state index is 14.2. The summed E-state index contributed by atoms with van der Waals surface area (Å²) in [6.07, 6.45) is 8.97. The SMILES string of the molecule is COCCCc1ccc2c(c1)C(N(C(=O)C1CNCC[C@@H]1c1ccn(C)c(=O)c1)C1CC1)CC2. The zero-order chi connectivity index (χ0) is 23.7. The first kappa shape index (κ1) is 23.3. The van der Waals surface area contributed by atoms with Crippen molar-refractivity contribution in [2.45, 2.75) is 62.9 Å². The quantitative estimate of drug-likeness (QED) is 0.610. The van der Waals surface area contributed by atoms with Crippen LogP contribution in [0.2, 0.25) is 0 Å². The smallest absolute Gasteiger partial charge is 0.250 e. The van der Waals surface area contributed by atoms with Crippen molar-refractivity contribution < 1.29 is 9.53 Å². The average Bonchev–Trinajstić information content (AvgIpc) is 3.61. The van der Waals surface area contributed by atoms with Gasteiger partial charge < -0.3 is 19.5 Å². The highest BCUT2D eigenvalue weighted by atomic mass is 16.5. The van der Waals surface area contributed by atoms with Crippen LogP contribution in [0.3, 0.4) is 0 Å². The molecule has 0 spiro atoms. The van der Waals surface area contributed by atoms with Crippen LogP contribution in [0.1, 0.15) is 66.3 Å². The highest BCUT2D eigenvalue weighted by Crippen LogP contribution is 2.44. The molecule has 34 heavy (non-hydrogen) atoms. The van der Waals surface area contributed by atoms with Gasteiger partial charge in [0.2, 0.25) is 5.91 Å². The molecular weight excluding hydrogens is 426 g/mol. The Morgan fingerprint density at radius 2 is 2.03 bits per heavy atom. The van der Waals surface area contributed by atoms with E-state index in [2.05, 4.69) is 28.4 Å². The topological polar surface area (TPSA) is 63.6 Å². The van der Waals surface area contributed by atoms with Crippen molar-refractivity contribution in [1.29, 1.82) is 0 Å². The van der Waals surface area contributed by atoms with Gasteiger partial charge in [-0.1, -0.05) is 18.2 Å². The number of rotatable bonds is 8. The monoisotopic (exact) mass is 463 g/mol. The molecule has 1 aliphatic heterocycles. The van der Waals surface area contributed by atoms with Crippen molar-refractivity contribution in [3.63, 3.8) is 0 Å². The molecule has 2 unspecified atom stereocenters. The Bertz CT molecular complexity index is 1090. The predicted octanol–water partition coefficient (Wildman–Crippen LogP) is 3.34. The van der Waals surface area contributed by atoms with Gasteiger partial charge in [0.1, 0.15) is 0 Å². The Balaban J connectivity index is 1.41. The van der Waals surface area contributed by atoms with Crippen LogP contribution in [0.25, 0.3) is 0 Å². The minimum absolute atomic E-state index is 0.00740. The van der Waals surface area contributed by atoms with Crippen LogP contribution in [-0.4, -0.2) is 48.2 Å². The second-order valence-electron chi connectivity index (χ2n) is 10.3. The second-order valence-corrected chi connectivity index (χ2v) is 10.3. The molecule has 3 atom stereocenters. The number of carbonyl (C=O) groups is 1. The Morgan fingerprint density at radius 3 is 2.79 bits per heavy atom. The summed E-state index contributed by atoms with van der Waals surface area (Å²) in [4.78, 5) is 28.8. The normalized spacial score (nSPS) is 24.1. The van der Waals surface area contributed by atoms with Gasteiger partial charge in [-0.3, -0.25) is 9.59 Å². The molecule has 2 aromatic rings. The van der Waals surface area contributed by atoms with Crippen LogP contribution in [-0.2, 0) is 29.4 Å². The van der Waals surface area contributed by atoms with Gasteiger partial charge >= 0.3 is 0 Å². The van der Waals surface area contributed by atoms with E-state index in [1.165, 1.54) is 16.7 Å². The van der Waals surface area contributed by atoms with Crippen LogP contribution in [0, 0.1) is 5.92 Å². The number of hydrogen-bond acceptors (Lipinski definition) is 4. The van der Waals surface area contributed by atoms with Gasteiger partial charge in [-0.15, -0.1) is 0 Å². The summed E-state index contributed by atoms with van der Waals surface area (Å²) in [5.74, 6) is 0.226. The molecule has 0 radical (unpaired) electrons. The average molecular weight is 464 g/mol. The van der Waals surface area contributed by atoms with Gasteiger partial charge in [-0.25, -0.2) is 0 Å². The fourth-order valence-electron chi connectivity index (χ4n) is 5.94. The molecule has 1 aromatic heterocycles. The van der Waals surface area contributed by atoms with E-state index in [0.717, 1.165) is 63.7 Å². The number of piperidine rings is 1. The molecule has 1 amide bonds. The number of benzene rings is 1. The molecule has 0 bridgehead atoms. The summed E-state index contributed by atoms with van der Waals surface area (Å²) in [7, 11) is 3.52. The molecule has 1 saturated heterocycles. The van der Waals surface area contributed by atoms with Crippen molar-refractivity contribution in [3.05, 3.63) is 69.1 Å². The Morgan fingerprint density at radius 1 is 1.18 bits per heavy atom. The number of hydrogen-bond donors (Lipinski definition) is 1. The van der Waals surface area contributed by atoms with Gasteiger partial charge in [-0.2, -0.15) is 0 Å². The van der Waals surface area contributed by atoms with Gasteiger partial charge in [0, 0.05) is 45.6 Å². The number of ether oxygens (including phenoxy) is 1. The van der Waals surface area contributed by atoms with Gasteiger partial charge in [0.15, 0.2) is 0 Å². The summed E-state index contributed by atoms with van der Waals surface area (Å²) in [6, 6.07) is 11.2. The summed E-state index contributed by atoms with van der Waals surface area (Å²) in [6.45, 7) is 2.33. The summed E-state index contributed by atoms with van der Waals surface area (Å²) in [5.41, 5.74) is 5.08. The van der Waals surface area contributed by atoms with Crippen LogP contribution < -0.4 is 10.9 Å². The zero-order valence-electron chi connectivity index (χ0n) is 20.5. The second kappa shape index (κ2) is 10.0. The highest BCUT2D eigenvalue weighted by molar-refractivity contribution is 5.82. The predicted molar refractivity (Wildman–Crippen MR) is 133 cm³/mol. The fraction of sp³-hybridized carbons (Fsp3) is 0.571. The molecule has 6 heteroatoms. The van der Waals surface area contributed by atoms with E-state index in [1.807, 2.05) is 12.3 Å². The van der Waals surface area contributed by atoms with E-state index >= 15 is 0 Å². The van der Waals surface area contributed by atoms with Gasteiger partial charge in [0.05, 0.1) is 12.0 Å². The molecule has 2 heterocycles. The first-order chi connectivity index (χ1) is 16.6. The van der Waals surface area contributed by atoms with Gasteiger partial charge in [0.25, 0.3) is 5.56 Å². The Hall–Kier alpha value is -2.44. The maximum Gasteiger partial charge on any atom is 0.250 e. The molecule has 1 aromatic carbocycles. The molecule has 1 N–H and O–H groups in total.